The van der Waals surface area contributed by atoms with Gasteiger partial charge in [0.25, 0.3) is 5.91 Å². The Morgan fingerprint density at radius 3 is 2.72 bits per heavy atom. The quantitative estimate of drug-likeness (QED) is 0.356. The van der Waals surface area contributed by atoms with Crippen LogP contribution in [0.2, 0.25) is 0 Å². The Bertz CT molecular complexity index is 1180. The largest absolute Gasteiger partial charge is 0.436 e. The molecule has 1 unspecified atom stereocenters. The Kier molecular flexibility index (Phi) is 5.49. The Balaban J connectivity index is 1.61. The van der Waals surface area contributed by atoms with Crippen LogP contribution in [0.3, 0.4) is 0 Å². The summed E-state index contributed by atoms with van der Waals surface area (Å²) in [4.78, 5) is 17.2. The Labute approximate surface area is 178 Å². The van der Waals surface area contributed by atoms with Crippen LogP contribution in [0.25, 0.3) is 22.6 Å². The van der Waals surface area contributed by atoms with E-state index in [1.54, 1.807) is 6.07 Å². The van der Waals surface area contributed by atoms with Crippen LogP contribution in [0.4, 0.5) is 5.69 Å². The molecule has 29 heavy (non-hydrogen) atoms. The molecule has 0 saturated carbocycles. The number of nitrogens with zero attached hydrogens (tertiary/aromatic N) is 1. The van der Waals surface area contributed by atoms with E-state index in [1.165, 1.54) is 5.56 Å². The van der Waals surface area contributed by atoms with Crippen molar-refractivity contribution in [2.75, 3.05) is 5.32 Å². The molecule has 0 spiro atoms. The average molecular weight is 449 g/mol. The maximum atomic E-state index is 12.6. The van der Waals surface area contributed by atoms with Gasteiger partial charge >= 0.3 is 0 Å². The zero-order valence-corrected chi connectivity index (χ0v) is 17.9. The first-order valence-corrected chi connectivity index (χ1v) is 10.4. The lowest BCUT2D eigenvalue weighted by atomic mass is 9.98. The number of aromatic nitrogens is 1. The van der Waals surface area contributed by atoms with E-state index < -0.39 is 0 Å². The number of carbonyl (C=O) groups is 1. The summed E-state index contributed by atoms with van der Waals surface area (Å²) >= 11 is 3.42. The first-order valence-electron chi connectivity index (χ1n) is 9.62. The van der Waals surface area contributed by atoms with Crippen LogP contribution in [0.15, 0.2) is 75.6 Å². The number of hydrogen-bond acceptors (Lipinski definition) is 3. The van der Waals surface area contributed by atoms with E-state index in [1.807, 2.05) is 48.5 Å². The molecule has 4 rings (SSSR count). The minimum atomic E-state index is -0.176. The molecule has 4 nitrogen and oxygen atoms in total. The summed E-state index contributed by atoms with van der Waals surface area (Å²) in [5.41, 5.74) is 4.95. The molecule has 1 amide bonds. The van der Waals surface area contributed by atoms with E-state index in [9.17, 15) is 4.79 Å². The zero-order valence-electron chi connectivity index (χ0n) is 16.3. The summed E-state index contributed by atoms with van der Waals surface area (Å²) in [5, 5.41) is 2.94. The number of fused-ring (bicyclic) bond motifs is 1. The second-order valence-corrected chi connectivity index (χ2v) is 7.92. The number of benzene rings is 3. The fraction of sp³-hybridized carbons (Fsp3) is 0.167. The van der Waals surface area contributed by atoms with Gasteiger partial charge in [0.2, 0.25) is 5.89 Å². The van der Waals surface area contributed by atoms with Crippen molar-refractivity contribution in [2.45, 2.75) is 26.2 Å². The van der Waals surface area contributed by atoms with Crippen molar-refractivity contribution in [2.24, 2.45) is 0 Å². The first-order chi connectivity index (χ1) is 14.0. The van der Waals surface area contributed by atoms with E-state index >= 15 is 0 Å². The predicted molar refractivity (Wildman–Crippen MR) is 120 cm³/mol. The molecule has 1 aromatic heterocycles. The minimum Gasteiger partial charge on any atom is -0.436 e. The second kappa shape index (κ2) is 8.21. The molecular formula is C24H21BrN2O2. The molecule has 0 saturated heterocycles. The van der Waals surface area contributed by atoms with E-state index in [-0.39, 0.29) is 5.91 Å². The molecule has 3 aromatic carbocycles. The number of nitrogens with one attached hydrogen (secondary N) is 1. The second-order valence-electron chi connectivity index (χ2n) is 7.07. The Morgan fingerprint density at radius 1 is 1.10 bits per heavy atom. The van der Waals surface area contributed by atoms with Crippen molar-refractivity contribution in [3.05, 3.63) is 82.3 Å². The highest BCUT2D eigenvalue weighted by Gasteiger charge is 2.13. The van der Waals surface area contributed by atoms with Crippen LogP contribution >= 0.6 is 15.9 Å². The van der Waals surface area contributed by atoms with Crippen molar-refractivity contribution in [3.8, 4) is 11.5 Å². The monoisotopic (exact) mass is 448 g/mol. The van der Waals surface area contributed by atoms with Gasteiger partial charge in [0, 0.05) is 15.7 Å². The van der Waals surface area contributed by atoms with E-state index in [4.69, 9.17) is 4.42 Å². The highest BCUT2D eigenvalue weighted by atomic mass is 79.9. The van der Waals surface area contributed by atoms with Gasteiger partial charge in [-0.05, 0) is 76.3 Å². The van der Waals surface area contributed by atoms with Crippen molar-refractivity contribution in [1.82, 2.24) is 4.98 Å². The van der Waals surface area contributed by atoms with Gasteiger partial charge in [-0.15, -0.1) is 0 Å². The molecule has 146 valence electrons. The fourth-order valence-corrected chi connectivity index (χ4v) is 3.65. The number of rotatable bonds is 5. The van der Waals surface area contributed by atoms with Crippen LogP contribution in [-0.2, 0) is 0 Å². The number of carbonyl (C=O) groups excluding carboxylic acids is 1. The first kappa shape index (κ1) is 19.4. The lowest BCUT2D eigenvalue weighted by Gasteiger charge is -2.07. The van der Waals surface area contributed by atoms with Crippen LogP contribution in [0.5, 0.6) is 0 Å². The van der Waals surface area contributed by atoms with Crippen molar-refractivity contribution in [1.29, 1.82) is 0 Å². The number of oxazole rings is 1. The minimum absolute atomic E-state index is 0.176. The summed E-state index contributed by atoms with van der Waals surface area (Å²) in [6.07, 6.45) is 1.08. The Morgan fingerprint density at radius 2 is 1.93 bits per heavy atom. The standard InChI is InChI=1S/C24H21BrN2O2/c1-3-15(2)16-11-12-22-21(14-16)27-24(29-22)17-7-6-8-18(13-17)26-23(28)19-9-4-5-10-20(19)25/h4-15H,3H2,1-2H3,(H,26,28). The van der Waals surface area contributed by atoms with Crippen LogP contribution < -0.4 is 5.32 Å². The normalized spacial score (nSPS) is 12.1. The van der Waals surface area contributed by atoms with E-state index in [0.717, 1.165) is 27.6 Å². The van der Waals surface area contributed by atoms with Crippen LogP contribution in [0.1, 0.15) is 42.1 Å². The SMILES string of the molecule is CCC(C)c1ccc2oc(-c3cccc(NC(=O)c4ccccc4Br)c3)nc2c1. The van der Waals surface area contributed by atoms with E-state index in [2.05, 4.69) is 52.2 Å². The van der Waals surface area contributed by atoms with Crippen molar-refractivity contribution in [3.63, 3.8) is 0 Å². The third-order valence-corrected chi connectivity index (χ3v) is 5.77. The lowest BCUT2D eigenvalue weighted by Crippen LogP contribution is -2.12. The maximum absolute atomic E-state index is 12.6. The molecular weight excluding hydrogens is 428 g/mol. The summed E-state index contributed by atoms with van der Waals surface area (Å²) < 4.78 is 6.71. The molecule has 0 aliphatic carbocycles. The number of halogens is 1. The topological polar surface area (TPSA) is 55.1 Å². The van der Waals surface area contributed by atoms with Crippen LogP contribution in [-0.4, -0.2) is 10.9 Å². The van der Waals surface area contributed by atoms with Gasteiger partial charge < -0.3 is 9.73 Å². The molecule has 0 fully saturated rings. The van der Waals surface area contributed by atoms with Gasteiger partial charge in [-0.25, -0.2) is 4.98 Å². The van der Waals surface area contributed by atoms with Gasteiger partial charge in [-0.3, -0.25) is 4.79 Å². The van der Waals surface area contributed by atoms with Crippen LogP contribution in [0, 0.1) is 0 Å². The maximum Gasteiger partial charge on any atom is 0.256 e. The molecule has 4 aromatic rings. The van der Waals surface area contributed by atoms with Crippen molar-refractivity contribution >= 4 is 38.6 Å². The number of hydrogen-bond donors (Lipinski definition) is 1. The van der Waals surface area contributed by atoms with E-state index in [0.29, 0.717) is 23.1 Å². The molecule has 0 bridgehead atoms. The van der Waals surface area contributed by atoms with Gasteiger partial charge in [-0.1, -0.05) is 38.1 Å². The molecule has 0 radical (unpaired) electrons. The number of anilines is 1. The third kappa shape index (κ3) is 4.10. The van der Waals surface area contributed by atoms with Crippen molar-refractivity contribution < 1.29 is 9.21 Å². The highest BCUT2D eigenvalue weighted by Crippen LogP contribution is 2.29. The molecule has 1 heterocycles. The summed E-state index contributed by atoms with van der Waals surface area (Å²) in [6, 6.07) is 21.0. The van der Waals surface area contributed by atoms with Gasteiger partial charge in [-0.2, -0.15) is 0 Å². The lowest BCUT2D eigenvalue weighted by molar-refractivity contribution is 0.102. The Hall–Kier alpha value is -2.92. The zero-order chi connectivity index (χ0) is 20.4. The predicted octanol–water partition coefficient (Wildman–Crippen LogP) is 7.02. The summed E-state index contributed by atoms with van der Waals surface area (Å²) in [5.74, 6) is 0.846. The van der Waals surface area contributed by atoms with Gasteiger partial charge in [0.1, 0.15) is 5.52 Å². The summed E-state index contributed by atoms with van der Waals surface area (Å²) in [7, 11) is 0. The van der Waals surface area contributed by atoms with Gasteiger partial charge in [0.15, 0.2) is 5.58 Å². The van der Waals surface area contributed by atoms with Gasteiger partial charge in [0.05, 0.1) is 5.56 Å². The smallest absolute Gasteiger partial charge is 0.256 e. The number of amides is 1. The molecule has 0 aliphatic rings. The average Bonchev–Trinajstić information content (AvgIpc) is 3.17. The summed E-state index contributed by atoms with van der Waals surface area (Å²) in [6.45, 7) is 4.39. The molecule has 5 heteroatoms. The third-order valence-electron chi connectivity index (χ3n) is 5.08. The molecule has 1 atom stereocenters. The highest BCUT2D eigenvalue weighted by molar-refractivity contribution is 9.10. The molecule has 1 N–H and O–H groups in total. The molecule has 0 aliphatic heterocycles. The fourth-order valence-electron chi connectivity index (χ4n) is 3.18.